The summed E-state index contributed by atoms with van der Waals surface area (Å²) in [5.74, 6) is 0. The van der Waals surface area contributed by atoms with Gasteiger partial charge in [-0.15, -0.1) is 0 Å². The van der Waals surface area contributed by atoms with Crippen molar-refractivity contribution in [2.45, 2.75) is 31.8 Å². The minimum absolute atomic E-state index is 0.481. The highest BCUT2D eigenvalue weighted by molar-refractivity contribution is 4.82. The number of nitrogens with zero attached hydrogens (tertiary/aromatic N) is 2. The van der Waals surface area contributed by atoms with Gasteiger partial charge in [0.1, 0.15) is 0 Å². The van der Waals surface area contributed by atoms with E-state index in [0.29, 0.717) is 6.04 Å². The minimum atomic E-state index is 0.481. The van der Waals surface area contributed by atoms with Gasteiger partial charge in [0.05, 0.1) is 6.61 Å². The van der Waals surface area contributed by atoms with Gasteiger partial charge in [-0.1, -0.05) is 6.92 Å². The van der Waals surface area contributed by atoms with E-state index < -0.39 is 0 Å². The Morgan fingerprint density at radius 3 is 2.82 bits per heavy atom. The lowest BCUT2D eigenvalue weighted by molar-refractivity contribution is 0.0907. The zero-order valence-electron chi connectivity index (χ0n) is 11.9. The third-order valence-electron chi connectivity index (χ3n) is 3.78. The van der Waals surface area contributed by atoms with Gasteiger partial charge in [0.2, 0.25) is 0 Å². The summed E-state index contributed by atoms with van der Waals surface area (Å²) in [6.45, 7) is 7.39. The van der Waals surface area contributed by atoms with Crippen molar-refractivity contribution in [3.63, 3.8) is 0 Å². The van der Waals surface area contributed by atoms with Gasteiger partial charge in [-0.05, 0) is 40.0 Å². The number of likely N-dealkylation sites (N-methyl/N-ethyl adjacent to an activating group) is 3. The van der Waals surface area contributed by atoms with Crippen molar-refractivity contribution in [2.24, 2.45) is 0 Å². The predicted octanol–water partition coefficient (Wildman–Crippen LogP) is 0.637. The topological polar surface area (TPSA) is 27.7 Å². The van der Waals surface area contributed by atoms with Crippen LogP contribution in [-0.4, -0.2) is 75.9 Å². The highest BCUT2D eigenvalue weighted by Crippen LogP contribution is 2.16. The van der Waals surface area contributed by atoms with Crippen LogP contribution < -0.4 is 5.32 Å². The fourth-order valence-electron chi connectivity index (χ4n) is 2.54. The SMILES string of the molecule is CCNCC(COC)N(C)CC1CCCN1C. The van der Waals surface area contributed by atoms with E-state index in [4.69, 9.17) is 4.74 Å². The van der Waals surface area contributed by atoms with Crippen LogP contribution in [0.15, 0.2) is 0 Å². The second-order valence-electron chi connectivity index (χ2n) is 5.13. The van der Waals surface area contributed by atoms with Gasteiger partial charge in [-0.3, -0.25) is 4.90 Å². The van der Waals surface area contributed by atoms with E-state index in [1.165, 1.54) is 19.4 Å². The molecule has 0 aromatic carbocycles. The van der Waals surface area contributed by atoms with E-state index in [9.17, 15) is 0 Å². The second-order valence-corrected chi connectivity index (χ2v) is 5.13. The first-order chi connectivity index (χ1) is 8.19. The fraction of sp³-hybridized carbons (Fsp3) is 1.00. The smallest absolute Gasteiger partial charge is 0.0630 e. The van der Waals surface area contributed by atoms with Crippen LogP contribution in [0.1, 0.15) is 19.8 Å². The summed E-state index contributed by atoms with van der Waals surface area (Å²) in [4.78, 5) is 4.92. The molecule has 2 unspecified atom stereocenters. The van der Waals surface area contributed by atoms with Gasteiger partial charge in [0.15, 0.2) is 0 Å². The van der Waals surface area contributed by atoms with E-state index in [-0.39, 0.29) is 0 Å². The fourth-order valence-corrected chi connectivity index (χ4v) is 2.54. The summed E-state index contributed by atoms with van der Waals surface area (Å²) in [6.07, 6.45) is 2.68. The third-order valence-corrected chi connectivity index (χ3v) is 3.78. The number of hydrogen-bond acceptors (Lipinski definition) is 4. The van der Waals surface area contributed by atoms with Crippen molar-refractivity contribution in [2.75, 3.05) is 54.0 Å². The van der Waals surface area contributed by atoms with Gasteiger partial charge in [-0.25, -0.2) is 0 Å². The van der Waals surface area contributed by atoms with E-state index in [2.05, 4.69) is 36.1 Å². The average Bonchev–Trinajstić information content (AvgIpc) is 2.70. The number of likely N-dealkylation sites (tertiary alicyclic amines) is 1. The van der Waals surface area contributed by atoms with Crippen molar-refractivity contribution in [1.29, 1.82) is 0 Å². The second kappa shape index (κ2) is 8.03. The Balaban J connectivity index is 2.37. The van der Waals surface area contributed by atoms with Crippen molar-refractivity contribution < 1.29 is 4.74 Å². The summed E-state index contributed by atoms with van der Waals surface area (Å²) >= 11 is 0. The third kappa shape index (κ3) is 4.92. The largest absolute Gasteiger partial charge is 0.383 e. The summed E-state index contributed by atoms with van der Waals surface area (Å²) in [6, 6.07) is 1.20. The van der Waals surface area contributed by atoms with Gasteiger partial charge in [0.25, 0.3) is 0 Å². The maximum absolute atomic E-state index is 5.32. The molecule has 1 aliphatic rings. The molecule has 2 atom stereocenters. The molecule has 0 spiro atoms. The molecule has 1 aliphatic heterocycles. The van der Waals surface area contributed by atoms with E-state index in [1.807, 2.05) is 0 Å². The molecule has 1 N–H and O–H groups in total. The standard InChI is InChI=1S/C13H29N3O/c1-5-14-9-13(11-17-4)16(3)10-12-7-6-8-15(12)2/h12-14H,5-11H2,1-4H3. The van der Waals surface area contributed by atoms with Crippen LogP contribution in [0.5, 0.6) is 0 Å². The zero-order chi connectivity index (χ0) is 12.7. The first-order valence-electron chi connectivity index (χ1n) is 6.79. The van der Waals surface area contributed by atoms with Crippen LogP contribution >= 0.6 is 0 Å². The highest BCUT2D eigenvalue weighted by atomic mass is 16.5. The van der Waals surface area contributed by atoms with Crippen LogP contribution in [0.25, 0.3) is 0 Å². The van der Waals surface area contributed by atoms with E-state index in [1.54, 1.807) is 7.11 Å². The molecule has 4 heteroatoms. The quantitative estimate of drug-likeness (QED) is 0.677. The molecule has 102 valence electrons. The van der Waals surface area contributed by atoms with Gasteiger partial charge >= 0.3 is 0 Å². The average molecular weight is 243 g/mol. The molecule has 0 aliphatic carbocycles. The molecule has 0 bridgehead atoms. The highest BCUT2D eigenvalue weighted by Gasteiger charge is 2.24. The van der Waals surface area contributed by atoms with Crippen LogP contribution in [0.2, 0.25) is 0 Å². The maximum Gasteiger partial charge on any atom is 0.0630 e. The van der Waals surface area contributed by atoms with Crippen LogP contribution in [0.4, 0.5) is 0 Å². The van der Waals surface area contributed by atoms with Crippen LogP contribution in [0, 0.1) is 0 Å². The molecule has 1 rings (SSSR count). The molecule has 1 fully saturated rings. The Hall–Kier alpha value is -0.160. The van der Waals surface area contributed by atoms with Crippen LogP contribution in [0.3, 0.4) is 0 Å². The van der Waals surface area contributed by atoms with E-state index in [0.717, 1.165) is 32.3 Å². The molecule has 1 heterocycles. The van der Waals surface area contributed by atoms with Gasteiger partial charge in [0, 0.05) is 32.3 Å². The van der Waals surface area contributed by atoms with Crippen molar-refractivity contribution in [3.8, 4) is 0 Å². The number of rotatable bonds is 8. The van der Waals surface area contributed by atoms with Crippen molar-refractivity contribution in [3.05, 3.63) is 0 Å². The molecule has 0 radical (unpaired) electrons. The lowest BCUT2D eigenvalue weighted by atomic mass is 10.2. The van der Waals surface area contributed by atoms with Gasteiger partial charge < -0.3 is 15.0 Å². The summed E-state index contributed by atoms with van der Waals surface area (Å²) in [5.41, 5.74) is 0. The Morgan fingerprint density at radius 1 is 1.53 bits per heavy atom. The summed E-state index contributed by atoms with van der Waals surface area (Å²) < 4.78 is 5.32. The summed E-state index contributed by atoms with van der Waals surface area (Å²) in [5, 5.41) is 3.41. The molecular formula is C13H29N3O. The Kier molecular flexibility index (Phi) is 7.04. The molecule has 0 aromatic rings. The first-order valence-corrected chi connectivity index (χ1v) is 6.79. The monoisotopic (exact) mass is 243 g/mol. The molecular weight excluding hydrogens is 214 g/mol. The maximum atomic E-state index is 5.32. The Bertz CT molecular complexity index is 201. The number of nitrogens with one attached hydrogen (secondary N) is 1. The zero-order valence-corrected chi connectivity index (χ0v) is 11.9. The van der Waals surface area contributed by atoms with E-state index >= 15 is 0 Å². The lowest BCUT2D eigenvalue weighted by Crippen LogP contribution is -2.47. The summed E-state index contributed by atoms with van der Waals surface area (Å²) in [7, 11) is 6.24. The molecule has 1 saturated heterocycles. The molecule has 17 heavy (non-hydrogen) atoms. The molecule has 0 aromatic heterocycles. The van der Waals surface area contributed by atoms with Crippen LogP contribution in [-0.2, 0) is 4.74 Å². The molecule has 0 amide bonds. The van der Waals surface area contributed by atoms with Crippen molar-refractivity contribution in [1.82, 2.24) is 15.1 Å². The molecule has 4 nitrogen and oxygen atoms in total. The minimum Gasteiger partial charge on any atom is -0.383 e. The lowest BCUT2D eigenvalue weighted by Gasteiger charge is -2.32. The number of methoxy groups -OCH3 is 1. The Morgan fingerprint density at radius 2 is 2.29 bits per heavy atom. The number of ether oxygens (including phenoxy) is 1. The molecule has 0 saturated carbocycles. The van der Waals surface area contributed by atoms with Gasteiger partial charge in [-0.2, -0.15) is 0 Å². The number of hydrogen-bond donors (Lipinski definition) is 1. The normalized spacial score (nSPS) is 23.5. The predicted molar refractivity (Wildman–Crippen MR) is 72.5 cm³/mol. The van der Waals surface area contributed by atoms with Crippen molar-refractivity contribution >= 4 is 0 Å². The first kappa shape index (κ1) is 14.9. The Labute approximate surface area is 106 Å².